The Morgan fingerprint density at radius 3 is 2.93 bits per heavy atom. The topological polar surface area (TPSA) is 42.2 Å². The Hall–Kier alpha value is -0.930. The van der Waals surface area contributed by atoms with Crippen molar-refractivity contribution in [3.8, 4) is 0 Å². The summed E-state index contributed by atoms with van der Waals surface area (Å²) < 4.78 is 0. The zero-order valence-electron chi connectivity index (χ0n) is 9.26. The molecule has 3 heteroatoms. The van der Waals surface area contributed by atoms with Crippen molar-refractivity contribution in [3.05, 3.63) is 30.1 Å². The van der Waals surface area contributed by atoms with E-state index in [1.807, 2.05) is 18.5 Å². The number of aromatic nitrogens is 1. The van der Waals surface area contributed by atoms with Gasteiger partial charge in [0, 0.05) is 31.5 Å². The predicted octanol–water partition coefficient (Wildman–Crippen LogP) is 1.25. The molecule has 1 aromatic heterocycles. The van der Waals surface area contributed by atoms with E-state index in [9.17, 15) is 0 Å². The van der Waals surface area contributed by atoms with Crippen molar-refractivity contribution in [2.75, 3.05) is 13.6 Å². The molecule has 0 bridgehead atoms. The lowest BCUT2D eigenvalue weighted by Crippen LogP contribution is -2.41. The second kappa shape index (κ2) is 4.73. The summed E-state index contributed by atoms with van der Waals surface area (Å²) in [6.45, 7) is 2.14. The third-order valence-electron chi connectivity index (χ3n) is 3.02. The van der Waals surface area contributed by atoms with Crippen molar-refractivity contribution in [1.82, 2.24) is 9.88 Å². The maximum absolute atomic E-state index is 5.77. The van der Waals surface area contributed by atoms with Gasteiger partial charge in [-0.25, -0.2) is 0 Å². The lowest BCUT2D eigenvalue weighted by Gasteiger charge is -2.35. The summed E-state index contributed by atoms with van der Waals surface area (Å²) in [6.07, 6.45) is 6.13. The Labute approximate surface area is 91.3 Å². The molecule has 1 aromatic rings. The quantitative estimate of drug-likeness (QED) is 0.804. The fourth-order valence-electron chi connectivity index (χ4n) is 2.24. The molecule has 2 N–H and O–H groups in total. The second-order valence-electron chi connectivity index (χ2n) is 4.66. The minimum Gasteiger partial charge on any atom is -0.328 e. The average molecular weight is 205 g/mol. The third-order valence-corrected chi connectivity index (χ3v) is 3.02. The van der Waals surface area contributed by atoms with Gasteiger partial charge in [0.2, 0.25) is 0 Å². The molecule has 0 aromatic carbocycles. The summed E-state index contributed by atoms with van der Waals surface area (Å²) in [5.41, 5.74) is 7.05. The van der Waals surface area contributed by atoms with Gasteiger partial charge in [0.15, 0.2) is 0 Å². The van der Waals surface area contributed by atoms with Crippen molar-refractivity contribution in [1.29, 1.82) is 0 Å². The van der Waals surface area contributed by atoms with E-state index in [0.29, 0.717) is 6.04 Å². The molecular weight excluding hydrogens is 186 g/mol. The molecule has 1 aliphatic carbocycles. The van der Waals surface area contributed by atoms with E-state index in [0.717, 1.165) is 19.0 Å². The maximum Gasteiger partial charge on any atom is 0.0312 e. The number of nitrogens with zero attached hydrogens (tertiary/aromatic N) is 2. The van der Waals surface area contributed by atoms with Gasteiger partial charge in [0.25, 0.3) is 0 Å². The van der Waals surface area contributed by atoms with E-state index in [2.05, 4.69) is 23.0 Å². The van der Waals surface area contributed by atoms with Crippen LogP contribution in [0.2, 0.25) is 0 Å². The van der Waals surface area contributed by atoms with Gasteiger partial charge in [0.1, 0.15) is 0 Å². The standard InChI is InChI=1S/C12H19N3/c1-15(9-11-5-12(13)6-11)8-10-3-2-4-14-7-10/h2-4,7,11-12H,5-6,8-9,13H2,1H3. The van der Waals surface area contributed by atoms with E-state index in [-0.39, 0.29) is 0 Å². The van der Waals surface area contributed by atoms with Crippen molar-refractivity contribution in [2.24, 2.45) is 11.7 Å². The van der Waals surface area contributed by atoms with E-state index >= 15 is 0 Å². The first-order chi connectivity index (χ1) is 7.24. The van der Waals surface area contributed by atoms with Crippen LogP contribution in [0.1, 0.15) is 18.4 Å². The highest BCUT2D eigenvalue weighted by atomic mass is 15.1. The molecule has 1 saturated carbocycles. The van der Waals surface area contributed by atoms with Crippen LogP contribution in [0.4, 0.5) is 0 Å². The normalized spacial score (nSPS) is 25.3. The van der Waals surface area contributed by atoms with Gasteiger partial charge >= 0.3 is 0 Å². The molecule has 2 rings (SSSR count). The molecule has 15 heavy (non-hydrogen) atoms. The number of rotatable bonds is 4. The zero-order valence-corrected chi connectivity index (χ0v) is 9.26. The van der Waals surface area contributed by atoms with E-state index in [1.165, 1.54) is 18.4 Å². The molecule has 3 nitrogen and oxygen atoms in total. The molecular formula is C12H19N3. The van der Waals surface area contributed by atoms with Crippen LogP contribution >= 0.6 is 0 Å². The Kier molecular flexibility index (Phi) is 3.34. The second-order valence-corrected chi connectivity index (χ2v) is 4.66. The molecule has 0 unspecified atom stereocenters. The van der Waals surface area contributed by atoms with Crippen molar-refractivity contribution >= 4 is 0 Å². The zero-order chi connectivity index (χ0) is 10.7. The lowest BCUT2D eigenvalue weighted by molar-refractivity contribution is 0.178. The SMILES string of the molecule is CN(Cc1cccnc1)CC1CC(N)C1. The van der Waals surface area contributed by atoms with E-state index < -0.39 is 0 Å². The summed E-state index contributed by atoms with van der Waals surface area (Å²) in [4.78, 5) is 6.47. The van der Waals surface area contributed by atoms with E-state index in [1.54, 1.807) is 0 Å². The smallest absolute Gasteiger partial charge is 0.0312 e. The highest BCUT2D eigenvalue weighted by Gasteiger charge is 2.26. The van der Waals surface area contributed by atoms with Crippen LogP contribution in [0.5, 0.6) is 0 Å². The fourth-order valence-corrected chi connectivity index (χ4v) is 2.24. The minimum atomic E-state index is 0.460. The molecule has 0 amide bonds. The molecule has 0 aliphatic heterocycles. The highest BCUT2D eigenvalue weighted by Crippen LogP contribution is 2.26. The van der Waals surface area contributed by atoms with Crippen LogP contribution in [0.25, 0.3) is 0 Å². The van der Waals surface area contributed by atoms with Gasteiger partial charge < -0.3 is 10.6 Å². The molecule has 0 saturated heterocycles. The summed E-state index contributed by atoms with van der Waals surface area (Å²) in [5.74, 6) is 0.807. The fraction of sp³-hybridized carbons (Fsp3) is 0.583. The van der Waals surface area contributed by atoms with Gasteiger partial charge in [-0.2, -0.15) is 0 Å². The number of nitrogens with two attached hydrogens (primary N) is 1. The predicted molar refractivity (Wildman–Crippen MR) is 61.3 cm³/mol. The first kappa shape index (κ1) is 10.6. The van der Waals surface area contributed by atoms with Crippen LogP contribution in [0, 0.1) is 5.92 Å². The lowest BCUT2D eigenvalue weighted by atomic mass is 9.80. The van der Waals surface area contributed by atoms with Crippen molar-refractivity contribution < 1.29 is 0 Å². The number of pyridine rings is 1. The largest absolute Gasteiger partial charge is 0.328 e. The van der Waals surface area contributed by atoms with Crippen LogP contribution in [-0.2, 0) is 6.54 Å². The average Bonchev–Trinajstić information content (AvgIpc) is 2.17. The Morgan fingerprint density at radius 2 is 2.33 bits per heavy atom. The first-order valence-electron chi connectivity index (χ1n) is 5.57. The van der Waals surface area contributed by atoms with Crippen LogP contribution in [0.15, 0.2) is 24.5 Å². The monoisotopic (exact) mass is 205 g/mol. The number of hydrogen-bond donors (Lipinski definition) is 1. The molecule has 1 aliphatic rings. The first-order valence-corrected chi connectivity index (χ1v) is 5.57. The Bertz CT molecular complexity index is 293. The Morgan fingerprint density at radius 1 is 1.53 bits per heavy atom. The number of hydrogen-bond acceptors (Lipinski definition) is 3. The van der Waals surface area contributed by atoms with Gasteiger partial charge in [-0.3, -0.25) is 4.98 Å². The van der Waals surface area contributed by atoms with Crippen LogP contribution in [-0.4, -0.2) is 29.5 Å². The molecule has 0 radical (unpaired) electrons. The summed E-state index contributed by atoms with van der Waals surface area (Å²) in [5, 5.41) is 0. The molecule has 1 heterocycles. The molecule has 0 spiro atoms. The molecule has 1 fully saturated rings. The van der Waals surface area contributed by atoms with E-state index in [4.69, 9.17) is 5.73 Å². The minimum absolute atomic E-state index is 0.460. The maximum atomic E-state index is 5.77. The van der Waals surface area contributed by atoms with Gasteiger partial charge in [-0.05, 0) is 37.4 Å². The molecule has 82 valence electrons. The highest BCUT2D eigenvalue weighted by molar-refractivity contribution is 5.08. The Balaban J connectivity index is 1.75. The summed E-state index contributed by atoms with van der Waals surface area (Å²) >= 11 is 0. The van der Waals surface area contributed by atoms with Gasteiger partial charge in [-0.15, -0.1) is 0 Å². The third kappa shape index (κ3) is 3.01. The van der Waals surface area contributed by atoms with Gasteiger partial charge in [0.05, 0.1) is 0 Å². The van der Waals surface area contributed by atoms with Crippen LogP contribution in [0.3, 0.4) is 0 Å². The van der Waals surface area contributed by atoms with Crippen molar-refractivity contribution in [3.63, 3.8) is 0 Å². The molecule has 0 atom stereocenters. The van der Waals surface area contributed by atoms with Crippen LogP contribution < -0.4 is 5.73 Å². The summed E-state index contributed by atoms with van der Waals surface area (Å²) in [7, 11) is 2.16. The summed E-state index contributed by atoms with van der Waals surface area (Å²) in [6, 6.07) is 4.57. The van der Waals surface area contributed by atoms with Crippen molar-refractivity contribution in [2.45, 2.75) is 25.4 Å². The van der Waals surface area contributed by atoms with Gasteiger partial charge in [-0.1, -0.05) is 6.07 Å².